The van der Waals surface area contributed by atoms with E-state index in [1.807, 2.05) is 96.9 Å². The molecule has 514 valence electrons. The van der Waals surface area contributed by atoms with E-state index in [4.69, 9.17) is 43.1 Å². The Labute approximate surface area is 531 Å². The van der Waals surface area contributed by atoms with Crippen molar-refractivity contribution in [2.45, 2.75) is 347 Å². The molecule has 4 fully saturated rings. The van der Waals surface area contributed by atoms with Crippen LogP contribution in [0.3, 0.4) is 0 Å². The molecule has 4 aliphatic rings. The van der Waals surface area contributed by atoms with E-state index in [9.17, 15) is 34.8 Å². The number of rotatable bonds is 37. The summed E-state index contributed by atoms with van der Waals surface area (Å²) in [6.07, 6.45) is 12.2. The standard InChI is InChI=1S/C68H126N4O16/c1-19-21-31-67(55(73)85-39-27-35-81-51-43-59(3,4)69(77)60(5,6)44-51,56(74)86-40-28-36-82-52-45-61(7,8)70(78)62(9,10)46-52)33-25-23-24-26-34-68(32-22-20-2,57(75)87-41-29-37-83-53-47-63(11,12)71(79)64(13,14)48-53)58(76)88-42-30-38-84-54-49-65(15,16)72(80)66(17,18)50-54/h51-54,77-80H,19-50H2,1-18H3/p+1. The minimum atomic E-state index is -1.57. The van der Waals surface area contributed by atoms with Crippen LogP contribution in [-0.4, -0.2) is 187 Å². The molecule has 0 spiro atoms. The number of hydrogen-bond acceptors (Lipinski definition) is 19. The topological polar surface area (TPSA) is 239 Å². The number of carbonyl (C=O) groups excluding carboxylic acids is 4. The van der Waals surface area contributed by atoms with E-state index in [0.717, 1.165) is 12.8 Å². The van der Waals surface area contributed by atoms with E-state index in [1.165, 1.54) is 15.2 Å². The monoisotopic (exact) mass is 1260 g/mol. The van der Waals surface area contributed by atoms with E-state index in [1.54, 1.807) is 5.06 Å². The third kappa shape index (κ3) is 21.5. The van der Waals surface area contributed by atoms with Gasteiger partial charge in [0.05, 0.1) is 88.3 Å². The Morgan fingerprint density at radius 3 is 0.761 bits per heavy atom. The Morgan fingerprint density at radius 2 is 0.545 bits per heavy atom. The number of esters is 4. The van der Waals surface area contributed by atoms with Gasteiger partial charge < -0.3 is 58.7 Å². The molecule has 0 saturated carbocycles. The largest absolute Gasteiger partial charge is 0.465 e. The highest BCUT2D eigenvalue weighted by atomic mass is 16.6. The first-order valence-electron chi connectivity index (χ1n) is 33.9. The van der Waals surface area contributed by atoms with Crippen LogP contribution < -0.4 is 0 Å². The molecule has 4 heterocycles. The molecular weight excluding hydrogens is 1130 g/mol. The van der Waals surface area contributed by atoms with Crippen molar-refractivity contribution in [3.63, 3.8) is 0 Å². The van der Waals surface area contributed by atoms with Crippen molar-refractivity contribution >= 4 is 23.9 Å². The fourth-order valence-electron chi connectivity index (χ4n) is 15.0. The highest BCUT2D eigenvalue weighted by Crippen LogP contribution is 2.43. The molecule has 4 rings (SSSR count). The molecule has 20 heteroatoms. The van der Waals surface area contributed by atoms with Crippen molar-refractivity contribution in [1.82, 2.24) is 20.3 Å². The lowest BCUT2D eigenvalue weighted by Crippen LogP contribution is -2.60. The highest BCUT2D eigenvalue weighted by molar-refractivity contribution is 6.00. The zero-order valence-electron chi connectivity index (χ0n) is 58.5. The van der Waals surface area contributed by atoms with Gasteiger partial charge >= 0.3 is 23.9 Å². The van der Waals surface area contributed by atoms with Crippen molar-refractivity contribution in [2.75, 3.05) is 52.9 Å². The first-order valence-corrected chi connectivity index (χ1v) is 33.9. The molecule has 88 heavy (non-hydrogen) atoms. The third-order valence-electron chi connectivity index (χ3n) is 19.4. The summed E-state index contributed by atoms with van der Waals surface area (Å²) in [7, 11) is 0. The molecule has 20 nitrogen and oxygen atoms in total. The maximum atomic E-state index is 14.6. The molecule has 0 amide bonds. The number of ether oxygens (including phenoxy) is 8. The van der Waals surface area contributed by atoms with Crippen LogP contribution >= 0.6 is 0 Å². The van der Waals surface area contributed by atoms with Crippen LogP contribution in [0.25, 0.3) is 0 Å². The summed E-state index contributed by atoms with van der Waals surface area (Å²) in [5.74, 6) is -2.46. The molecule has 1 unspecified atom stereocenters. The van der Waals surface area contributed by atoms with Gasteiger partial charge in [0.1, 0.15) is 0 Å². The predicted octanol–water partition coefficient (Wildman–Crippen LogP) is 12.4. The van der Waals surface area contributed by atoms with E-state index < -0.39 is 67.9 Å². The summed E-state index contributed by atoms with van der Waals surface area (Å²) in [5.41, 5.74) is -6.74. The SMILES string of the molecule is CCCCC(CCCCCCC(CCCC)(C(=O)OCCCOC1CC(C)(C)N(O)C(C)(C)C1)C(=O)OCCCOC1CC(C)(C)N([OH2+])C(C)(C)C1)(C(=O)OCCCOC1CC(C)(C)N(O)C(C)(C)C1)C(=O)OCCCOC1CC(C)(C)N(O)C(C)(C)C1. The summed E-state index contributed by atoms with van der Waals surface area (Å²) in [5, 5.41) is 47.0. The second-order valence-electron chi connectivity index (χ2n) is 31.6. The van der Waals surface area contributed by atoms with Crippen molar-refractivity contribution in [3.8, 4) is 0 Å². The Bertz CT molecular complexity index is 1820. The second-order valence-corrected chi connectivity index (χ2v) is 31.6. The normalized spacial score (nSPS) is 23.3. The first kappa shape index (κ1) is 77.8. The lowest BCUT2D eigenvalue weighted by Gasteiger charge is -2.51. The summed E-state index contributed by atoms with van der Waals surface area (Å²) in [4.78, 5) is 58.4. The minimum Gasteiger partial charge on any atom is -0.465 e. The van der Waals surface area contributed by atoms with Crippen molar-refractivity contribution in [2.24, 2.45) is 10.8 Å². The van der Waals surface area contributed by atoms with Gasteiger partial charge in [-0.2, -0.15) is 15.2 Å². The number of hydroxylamine groups is 8. The van der Waals surface area contributed by atoms with E-state index in [2.05, 4.69) is 27.7 Å². The molecule has 0 aromatic rings. The van der Waals surface area contributed by atoms with E-state index in [0.29, 0.717) is 142 Å². The third-order valence-corrected chi connectivity index (χ3v) is 19.4. The number of nitrogens with zero attached hydrogens (tertiary/aromatic N) is 4. The maximum Gasteiger partial charge on any atom is 0.323 e. The van der Waals surface area contributed by atoms with Crippen molar-refractivity contribution in [3.05, 3.63) is 0 Å². The zero-order chi connectivity index (χ0) is 66.2. The molecule has 0 aromatic heterocycles. The van der Waals surface area contributed by atoms with Gasteiger partial charge in [0.2, 0.25) is 0 Å². The molecular formula is C68H127N4O16+. The number of carbonyl (C=O) groups is 4. The van der Waals surface area contributed by atoms with Gasteiger partial charge in [-0.1, -0.05) is 70.3 Å². The predicted molar refractivity (Wildman–Crippen MR) is 339 cm³/mol. The van der Waals surface area contributed by atoms with Gasteiger partial charge in [-0.3, -0.25) is 19.2 Å². The highest BCUT2D eigenvalue weighted by Gasteiger charge is 2.53. The Morgan fingerprint density at radius 1 is 0.341 bits per heavy atom. The van der Waals surface area contributed by atoms with Crippen LogP contribution in [0.4, 0.5) is 0 Å². The number of unbranched alkanes of at least 4 members (excludes halogenated alkanes) is 5. The average molecular weight is 1260 g/mol. The van der Waals surface area contributed by atoms with Crippen LogP contribution in [-0.2, 0) is 57.1 Å². The Balaban J connectivity index is 1.46. The van der Waals surface area contributed by atoms with E-state index >= 15 is 0 Å². The summed E-state index contributed by atoms with van der Waals surface area (Å²) >= 11 is 0. The molecule has 5 N–H and O–H groups in total. The molecule has 4 aliphatic heterocycles. The van der Waals surface area contributed by atoms with Gasteiger partial charge in [-0.25, -0.2) is 0 Å². The molecule has 0 aliphatic carbocycles. The van der Waals surface area contributed by atoms with Crippen molar-refractivity contribution < 1.29 is 77.9 Å². The van der Waals surface area contributed by atoms with Crippen molar-refractivity contribution in [1.29, 1.82) is 0 Å². The maximum absolute atomic E-state index is 14.6. The first-order chi connectivity index (χ1) is 40.8. The lowest BCUT2D eigenvalue weighted by molar-refractivity contribution is -0.261. The Kier molecular flexibility index (Phi) is 29.2. The number of piperidine rings is 4. The molecule has 4 saturated heterocycles. The van der Waals surface area contributed by atoms with Crippen LogP contribution in [0.1, 0.15) is 279 Å². The fourth-order valence-corrected chi connectivity index (χ4v) is 15.0. The minimum absolute atomic E-state index is 0.0500. The molecule has 0 radical (unpaired) electrons. The van der Waals surface area contributed by atoms with Crippen LogP contribution in [0.5, 0.6) is 0 Å². The average Bonchev–Trinajstić information content (AvgIpc) is 1.28. The smallest absolute Gasteiger partial charge is 0.323 e. The molecule has 0 bridgehead atoms. The van der Waals surface area contributed by atoms with Crippen LogP contribution in [0.2, 0.25) is 0 Å². The van der Waals surface area contributed by atoms with Crippen LogP contribution in [0, 0.1) is 10.8 Å². The molecule has 0 aromatic carbocycles. The van der Waals surface area contributed by atoms with Gasteiger partial charge in [0, 0.05) is 58.9 Å². The summed E-state index contributed by atoms with van der Waals surface area (Å²) < 4.78 is 49.4. The summed E-state index contributed by atoms with van der Waals surface area (Å²) in [6, 6.07) is 0. The van der Waals surface area contributed by atoms with Gasteiger partial charge in [-0.05, 0) is 188 Å². The quantitative estimate of drug-likeness (QED) is 0.0172. The lowest BCUT2D eigenvalue weighted by atomic mass is 9.76. The fraction of sp³-hybridized carbons (Fsp3) is 0.941. The second kappa shape index (κ2) is 33.0. The number of hydrogen-bond donors (Lipinski definition) is 3. The van der Waals surface area contributed by atoms with Crippen LogP contribution in [0.15, 0.2) is 0 Å². The zero-order valence-corrected chi connectivity index (χ0v) is 58.5. The summed E-state index contributed by atoms with van der Waals surface area (Å²) in [6.45, 7) is 37.7. The van der Waals surface area contributed by atoms with Gasteiger partial charge in [0.15, 0.2) is 10.8 Å². The van der Waals surface area contributed by atoms with Gasteiger partial charge in [0.25, 0.3) is 0 Å². The van der Waals surface area contributed by atoms with Gasteiger partial charge in [-0.15, -0.1) is 0 Å². The van der Waals surface area contributed by atoms with E-state index in [-0.39, 0.29) is 87.6 Å². The molecule has 1 atom stereocenters. The Hall–Kier alpha value is -2.60.